The first-order valence-electron chi connectivity index (χ1n) is 22.6. The maximum Gasteiger partial charge on any atom is 0.0504 e. The van der Waals surface area contributed by atoms with Gasteiger partial charge in [0.1, 0.15) is 0 Å². The summed E-state index contributed by atoms with van der Waals surface area (Å²) < 4.78 is 0. The van der Waals surface area contributed by atoms with Crippen LogP contribution in [0.3, 0.4) is 0 Å². The fourth-order valence-electron chi connectivity index (χ4n) is 9.86. The van der Waals surface area contributed by atoms with Crippen LogP contribution in [-0.4, -0.2) is 7.05 Å². The SMILES string of the molecule is Cc1cc(N(c2ccccc2)c2ccc(N(C)c3ccccc3)c(C)c2)ccc1-c1ccc(N(c2ccccc2)c2ccc3c(c2)C(C)(C)c2ccccc2N3c2ccccc2)cc1C. The Kier molecular flexibility index (Phi) is 10.8. The maximum absolute atomic E-state index is 2.42. The van der Waals surface area contributed by atoms with Crippen LogP contribution in [0.4, 0.5) is 62.6 Å². The van der Waals surface area contributed by atoms with Gasteiger partial charge in [0.15, 0.2) is 0 Å². The van der Waals surface area contributed by atoms with Crippen LogP contribution in [0.2, 0.25) is 0 Å². The summed E-state index contributed by atoms with van der Waals surface area (Å²) >= 11 is 0. The number of benzene rings is 9. The predicted molar refractivity (Wildman–Crippen MR) is 277 cm³/mol. The van der Waals surface area contributed by atoms with Gasteiger partial charge in [-0.3, -0.25) is 0 Å². The predicted octanol–water partition coefficient (Wildman–Crippen LogP) is 17.1. The highest BCUT2D eigenvalue weighted by Gasteiger charge is 2.37. The molecule has 318 valence electrons. The minimum absolute atomic E-state index is 0.226. The van der Waals surface area contributed by atoms with Gasteiger partial charge in [-0.25, -0.2) is 0 Å². The van der Waals surface area contributed by atoms with Crippen molar-refractivity contribution in [3.63, 3.8) is 0 Å². The van der Waals surface area contributed by atoms with Crippen molar-refractivity contribution in [3.05, 3.63) is 246 Å². The first-order chi connectivity index (χ1) is 31.7. The van der Waals surface area contributed by atoms with Crippen molar-refractivity contribution in [1.82, 2.24) is 0 Å². The van der Waals surface area contributed by atoms with Crippen molar-refractivity contribution in [2.24, 2.45) is 0 Å². The zero-order valence-corrected chi connectivity index (χ0v) is 38.1. The molecule has 10 rings (SSSR count). The zero-order valence-electron chi connectivity index (χ0n) is 38.1. The average Bonchev–Trinajstić information content (AvgIpc) is 3.33. The summed E-state index contributed by atoms with van der Waals surface area (Å²) in [5.74, 6) is 0. The molecule has 0 saturated carbocycles. The Hall–Kier alpha value is -7.82. The normalized spacial score (nSPS) is 12.6. The molecule has 4 heteroatoms. The molecule has 0 aromatic heterocycles. The summed E-state index contributed by atoms with van der Waals surface area (Å²) in [4.78, 5) is 9.44. The number of hydrogen-bond acceptors (Lipinski definition) is 4. The van der Waals surface area contributed by atoms with E-state index in [4.69, 9.17) is 0 Å². The molecule has 1 aliphatic heterocycles. The van der Waals surface area contributed by atoms with Crippen molar-refractivity contribution in [1.29, 1.82) is 0 Å². The van der Waals surface area contributed by atoms with Crippen molar-refractivity contribution >= 4 is 62.6 Å². The second kappa shape index (κ2) is 17.0. The van der Waals surface area contributed by atoms with Gasteiger partial charge in [0.2, 0.25) is 0 Å². The summed E-state index contributed by atoms with van der Waals surface area (Å²) in [7, 11) is 2.13. The van der Waals surface area contributed by atoms with Crippen LogP contribution in [0, 0.1) is 20.8 Å². The Morgan fingerprint density at radius 2 is 0.769 bits per heavy atom. The molecule has 0 unspecified atom stereocenters. The summed E-state index contributed by atoms with van der Waals surface area (Å²) in [6.07, 6.45) is 0. The molecular weight excluding hydrogens is 789 g/mol. The van der Waals surface area contributed by atoms with Crippen LogP contribution in [0.15, 0.2) is 218 Å². The lowest BCUT2D eigenvalue weighted by Gasteiger charge is -2.42. The quantitative estimate of drug-likeness (QED) is 0.136. The van der Waals surface area contributed by atoms with Gasteiger partial charge < -0.3 is 19.6 Å². The molecule has 0 amide bonds. The number of hydrogen-bond donors (Lipinski definition) is 0. The van der Waals surface area contributed by atoms with E-state index < -0.39 is 0 Å². The third-order valence-corrected chi connectivity index (χ3v) is 13.2. The standard InChI is InChI=1S/C61H54N4/c1-43-39-50(63(47-23-13-8-14-24-47)52-33-37-58(45(3)41-52)62(6)46-21-11-7-12-22-46)31-35-54(43)55-36-32-51(40-44(55)2)64(48-25-15-9-16-26-48)53-34-38-60-57(42-53)61(4,5)56-29-19-20-30-59(56)65(60)49-27-17-10-18-28-49/h7-42H,1-6H3. The lowest BCUT2D eigenvalue weighted by Crippen LogP contribution is -2.30. The molecule has 9 aromatic rings. The van der Waals surface area contributed by atoms with E-state index >= 15 is 0 Å². The van der Waals surface area contributed by atoms with Gasteiger partial charge in [-0.15, -0.1) is 0 Å². The highest BCUT2D eigenvalue weighted by molar-refractivity contribution is 5.89. The lowest BCUT2D eigenvalue weighted by molar-refractivity contribution is 0.632. The van der Waals surface area contributed by atoms with Crippen molar-refractivity contribution in [2.75, 3.05) is 26.6 Å². The van der Waals surface area contributed by atoms with Gasteiger partial charge in [-0.2, -0.15) is 0 Å². The number of aryl methyl sites for hydroxylation is 3. The molecule has 0 fully saturated rings. The fraction of sp³-hybridized carbons (Fsp3) is 0.115. The number of anilines is 11. The minimum atomic E-state index is -0.226. The summed E-state index contributed by atoms with van der Waals surface area (Å²) in [6, 6.07) is 79.2. The molecule has 0 bridgehead atoms. The molecule has 65 heavy (non-hydrogen) atoms. The van der Waals surface area contributed by atoms with Crippen LogP contribution >= 0.6 is 0 Å². The minimum Gasteiger partial charge on any atom is -0.344 e. The largest absolute Gasteiger partial charge is 0.344 e. The molecule has 0 spiro atoms. The van der Waals surface area contributed by atoms with Gasteiger partial charge in [0, 0.05) is 63.6 Å². The van der Waals surface area contributed by atoms with E-state index in [1.165, 1.54) is 56.0 Å². The van der Waals surface area contributed by atoms with Gasteiger partial charge in [-0.05, 0) is 175 Å². The van der Waals surface area contributed by atoms with E-state index in [9.17, 15) is 0 Å². The van der Waals surface area contributed by atoms with Crippen molar-refractivity contribution in [2.45, 2.75) is 40.0 Å². The molecule has 0 aliphatic carbocycles. The second-order valence-corrected chi connectivity index (χ2v) is 17.7. The monoisotopic (exact) mass is 842 g/mol. The molecule has 9 aromatic carbocycles. The number of fused-ring (bicyclic) bond motifs is 2. The van der Waals surface area contributed by atoms with Crippen LogP contribution < -0.4 is 19.6 Å². The van der Waals surface area contributed by atoms with Crippen molar-refractivity contribution < 1.29 is 0 Å². The summed E-state index contributed by atoms with van der Waals surface area (Å²) in [5, 5.41) is 0. The molecule has 0 atom stereocenters. The Bertz CT molecular complexity index is 3120. The molecule has 0 radical (unpaired) electrons. The number of nitrogens with zero attached hydrogens (tertiary/aromatic N) is 4. The smallest absolute Gasteiger partial charge is 0.0504 e. The molecule has 0 N–H and O–H groups in total. The lowest BCUT2D eigenvalue weighted by atomic mass is 9.73. The van der Waals surface area contributed by atoms with E-state index in [-0.39, 0.29) is 5.41 Å². The Morgan fingerprint density at radius 3 is 1.29 bits per heavy atom. The third-order valence-electron chi connectivity index (χ3n) is 13.2. The van der Waals surface area contributed by atoms with E-state index in [1.54, 1.807) is 0 Å². The maximum atomic E-state index is 2.42. The molecule has 1 heterocycles. The van der Waals surface area contributed by atoms with Crippen LogP contribution in [0.5, 0.6) is 0 Å². The van der Waals surface area contributed by atoms with E-state index in [0.717, 1.165) is 45.5 Å². The highest BCUT2D eigenvalue weighted by Crippen LogP contribution is 2.53. The van der Waals surface area contributed by atoms with E-state index in [1.807, 2.05) is 0 Å². The van der Waals surface area contributed by atoms with Gasteiger partial charge >= 0.3 is 0 Å². The van der Waals surface area contributed by atoms with Gasteiger partial charge in [0.05, 0.1) is 11.4 Å². The third kappa shape index (κ3) is 7.61. The first-order valence-corrected chi connectivity index (χ1v) is 22.6. The first kappa shape index (κ1) is 41.2. The summed E-state index contributed by atoms with van der Waals surface area (Å²) in [5.41, 5.74) is 21.1. The Labute approximate surface area is 384 Å². The molecule has 1 aliphatic rings. The topological polar surface area (TPSA) is 13.0 Å². The van der Waals surface area contributed by atoms with Crippen molar-refractivity contribution in [3.8, 4) is 11.1 Å². The van der Waals surface area contributed by atoms with Gasteiger partial charge in [0.25, 0.3) is 0 Å². The molecular formula is C61H54N4. The highest BCUT2D eigenvalue weighted by atomic mass is 15.2. The number of rotatable bonds is 10. The van der Waals surface area contributed by atoms with Crippen LogP contribution in [-0.2, 0) is 5.41 Å². The average molecular weight is 843 g/mol. The van der Waals surface area contributed by atoms with E-state index in [0.29, 0.717) is 0 Å². The van der Waals surface area contributed by atoms with E-state index in [2.05, 4.69) is 280 Å². The zero-order chi connectivity index (χ0) is 44.7. The molecule has 0 saturated heterocycles. The summed E-state index contributed by atoms with van der Waals surface area (Å²) in [6.45, 7) is 11.4. The van der Waals surface area contributed by atoms with Crippen LogP contribution in [0.25, 0.3) is 11.1 Å². The molecule has 4 nitrogen and oxygen atoms in total. The Morgan fingerprint density at radius 1 is 0.354 bits per heavy atom. The fourth-order valence-corrected chi connectivity index (χ4v) is 9.86. The second-order valence-electron chi connectivity index (χ2n) is 17.7. The van der Waals surface area contributed by atoms with Crippen LogP contribution in [0.1, 0.15) is 41.7 Å². The Balaban J connectivity index is 1.01. The van der Waals surface area contributed by atoms with Gasteiger partial charge in [-0.1, -0.05) is 117 Å². The number of para-hydroxylation sites is 5.